The fourth-order valence-corrected chi connectivity index (χ4v) is 2.48. The first-order valence-electron chi connectivity index (χ1n) is 6.88. The average molecular weight is 261 g/mol. The van der Waals surface area contributed by atoms with Gasteiger partial charge in [0.05, 0.1) is 6.10 Å². The minimum Gasteiger partial charge on any atom is -0.389 e. The maximum atomic E-state index is 12.3. The zero-order chi connectivity index (χ0) is 14.2. The smallest absolute Gasteiger partial charge is 0.228 e. The van der Waals surface area contributed by atoms with Crippen molar-refractivity contribution in [3.63, 3.8) is 0 Å². The molecule has 1 aliphatic heterocycles. The van der Waals surface area contributed by atoms with Crippen molar-refractivity contribution in [1.29, 1.82) is 0 Å². The Bertz CT molecular complexity index is 486. The number of hydrogen-bond donors (Lipinski definition) is 1. The second-order valence-electron chi connectivity index (χ2n) is 6.43. The van der Waals surface area contributed by atoms with E-state index in [9.17, 15) is 9.90 Å². The zero-order valence-electron chi connectivity index (χ0n) is 12.2. The van der Waals surface area contributed by atoms with Gasteiger partial charge in [0.25, 0.3) is 0 Å². The monoisotopic (exact) mass is 261 g/mol. The van der Waals surface area contributed by atoms with Crippen LogP contribution in [0, 0.1) is 5.41 Å². The molecule has 3 heteroatoms. The van der Waals surface area contributed by atoms with Crippen molar-refractivity contribution in [2.24, 2.45) is 5.41 Å². The van der Waals surface area contributed by atoms with Crippen molar-refractivity contribution in [1.82, 2.24) is 4.90 Å². The van der Waals surface area contributed by atoms with Crippen molar-refractivity contribution < 1.29 is 9.90 Å². The highest BCUT2D eigenvalue weighted by Crippen LogP contribution is 2.26. The summed E-state index contributed by atoms with van der Waals surface area (Å²) >= 11 is 0. The van der Waals surface area contributed by atoms with Crippen LogP contribution in [-0.4, -0.2) is 22.5 Å². The quantitative estimate of drug-likeness (QED) is 0.844. The number of carbonyl (C=O) groups excluding carboxylic acids is 1. The molecule has 1 atom stereocenters. The average Bonchev–Trinajstić information content (AvgIpc) is 2.35. The molecule has 1 N–H and O–H groups in total. The van der Waals surface area contributed by atoms with Crippen LogP contribution < -0.4 is 0 Å². The first kappa shape index (κ1) is 14.1. The lowest BCUT2D eigenvalue weighted by atomic mass is 9.91. The van der Waals surface area contributed by atoms with Crippen LogP contribution in [0.5, 0.6) is 0 Å². The van der Waals surface area contributed by atoms with E-state index in [0.29, 0.717) is 6.54 Å². The molecule has 1 aromatic carbocycles. The van der Waals surface area contributed by atoms with Crippen molar-refractivity contribution in [3.05, 3.63) is 34.9 Å². The molecule has 0 aliphatic carbocycles. The van der Waals surface area contributed by atoms with Crippen molar-refractivity contribution >= 4 is 5.91 Å². The Morgan fingerprint density at radius 3 is 2.58 bits per heavy atom. The van der Waals surface area contributed by atoms with Gasteiger partial charge in [0, 0.05) is 18.5 Å². The number of nitrogens with zero attached hydrogens (tertiary/aromatic N) is 1. The molecule has 1 heterocycles. The van der Waals surface area contributed by atoms with Crippen LogP contribution in [0.4, 0.5) is 0 Å². The number of aliphatic hydroxyl groups is 1. The predicted molar refractivity (Wildman–Crippen MR) is 75.7 cm³/mol. The molecular formula is C16H23NO2. The van der Waals surface area contributed by atoms with E-state index >= 15 is 0 Å². The predicted octanol–water partition coefficient (Wildman–Crippen LogP) is 2.67. The third-order valence-electron chi connectivity index (χ3n) is 3.65. The number of hydrogen-bond acceptors (Lipinski definition) is 2. The summed E-state index contributed by atoms with van der Waals surface area (Å²) in [5.41, 5.74) is 3.05. The van der Waals surface area contributed by atoms with Crippen LogP contribution in [0.3, 0.4) is 0 Å². The van der Waals surface area contributed by atoms with Crippen LogP contribution in [0.25, 0.3) is 0 Å². The number of aliphatic hydroxyl groups excluding tert-OH is 1. The molecular weight excluding hydrogens is 238 g/mol. The van der Waals surface area contributed by atoms with Crippen molar-refractivity contribution in [2.45, 2.75) is 46.8 Å². The van der Waals surface area contributed by atoms with E-state index in [1.54, 1.807) is 6.92 Å². The lowest BCUT2D eigenvalue weighted by Gasteiger charge is -2.34. The van der Waals surface area contributed by atoms with Gasteiger partial charge in [-0.25, -0.2) is 0 Å². The van der Waals surface area contributed by atoms with Gasteiger partial charge in [-0.05, 0) is 30.0 Å². The first-order valence-corrected chi connectivity index (χ1v) is 6.88. The first-order chi connectivity index (χ1) is 8.79. The Hall–Kier alpha value is -1.35. The largest absolute Gasteiger partial charge is 0.389 e. The summed E-state index contributed by atoms with van der Waals surface area (Å²) in [5.74, 6) is 0.195. The Labute approximate surface area is 115 Å². The fourth-order valence-electron chi connectivity index (χ4n) is 2.48. The molecule has 1 amide bonds. The summed E-state index contributed by atoms with van der Waals surface area (Å²) in [4.78, 5) is 14.2. The second kappa shape index (κ2) is 4.97. The van der Waals surface area contributed by atoms with Gasteiger partial charge in [-0.3, -0.25) is 4.79 Å². The molecule has 19 heavy (non-hydrogen) atoms. The molecule has 0 aromatic heterocycles. The van der Waals surface area contributed by atoms with E-state index < -0.39 is 6.10 Å². The van der Waals surface area contributed by atoms with Gasteiger partial charge in [-0.2, -0.15) is 0 Å². The molecule has 0 saturated heterocycles. The van der Waals surface area contributed by atoms with E-state index in [2.05, 4.69) is 6.07 Å². The van der Waals surface area contributed by atoms with Gasteiger partial charge in [-0.1, -0.05) is 39.0 Å². The molecule has 0 radical (unpaired) electrons. The van der Waals surface area contributed by atoms with Crippen LogP contribution in [0.15, 0.2) is 18.2 Å². The Kier molecular flexibility index (Phi) is 3.68. The number of rotatable bonds is 1. The number of fused-ring (bicyclic) bond motifs is 1. The number of amides is 1. The van der Waals surface area contributed by atoms with Crippen LogP contribution in [0.1, 0.15) is 50.5 Å². The summed E-state index contributed by atoms with van der Waals surface area (Å²) in [6.45, 7) is 9.08. The van der Waals surface area contributed by atoms with Gasteiger partial charge in [-0.15, -0.1) is 0 Å². The standard InChI is InChI=1S/C16H23NO2/c1-11(18)13-6-5-12-7-8-17(10-14(12)9-13)15(19)16(2,3)4/h5-6,9,11,18H,7-8,10H2,1-4H3. The molecule has 0 bridgehead atoms. The molecule has 0 saturated carbocycles. The zero-order valence-corrected chi connectivity index (χ0v) is 12.2. The van der Waals surface area contributed by atoms with Crippen LogP contribution in [-0.2, 0) is 17.8 Å². The SMILES string of the molecule is CC(O)c1ccc2c(c1)CN(C(=O)C(C)(C)C)CC2. The third kappa shape index (κ3) is 2.98. The molecule has 1 aromatic rings. The maximum Gasteiger partial charge on any atom is 0.228 e. The van der Waals surface area contributed by atoms with Gasteiger partial charge < -0.3 is 10.0 Å². The van der Waals surface area contributed by atoms with Crippen LogP contribution in [0.2, 0.25) is 0 Å². The number of benzene rings is 1. The highest BCUT2D eigenvalue weighted by atomic mass is 16.3. The van der Waals surface area contributed by atoms with Gasteiger partial charge in [0.2, 0.25) is 5.91 Å². The second-order valence-corrected chi connectivity index (χ2v) is 6.43. The van der Waals surface area contributed by atoms with E-state index in [1.807, 2.05) is 37.8 Å². The molecule has 0 fully saturated rings. The third-order valence-corrected chi connectivity index (χ3v) is 3.65. The van der Waals surface area contributed by atoms with E-state index in [0.717, 1.165) is 18.5 Å². The molecule has 2 rings (SSSR count). The normalized spacial score (nSPS) is 17.0. The molecule has 1 aliphatic rings. The minimum absolute atomic E-state index is 0.195. The maximum absolute atomic E-state index is 12.3. The lowest BCUT2D eigenvalue weighted by molar-refractivity contribution is -0.140. The minimum atomic E-state index is -0.459. The van der Waals surface area contributed by atoms with Crippen molar-refractivity contribution in [2.75, 3.05) is 6.54 Å². The summed E-state index contributed by atoms with van der Waals surface area (Å²) in [6, 6.07) is 6.09. The van der Waals surface area contributed by atoms with E-state index in [1.165, 1.54) is 11.1 Å². The van der Waals surface area contributed by atoms with Crippen LogP contribution >= 0.6 is 0 Å². The highest BCUT2D eigenvalue weighted by molar-refractivity contribution is 5.81. The summed E-state index contributed by atoms with van der Waals surface area (Å²) < 4.78 is 0. The lowest BCUT2D eigenvalue weighted by Crippen LogP contribution is -2.42. The van der Waals surface area contributed by atoms with Gasteiger partial charge in [0.1, 0.15) is 0 Å². The van der Waals surface area contributed by atoms with Gasteiger partial charge in [0.15, 0.2) is 0 Å². The highest BCUT2D eigenvalue weighted by Gasteiger charge is 2.29. The summed E-state index contributed by atoms with van der Waals surface area (Å²) in [6.07, 6.45) is 0.441. The van der Waals surface area contributed by atoms with Gasteiger partial charge >= 0.3 is 0 Å². The molecule has 3 nitrogen and oxygen atoms in total. The summed E-state index contributed by atoms with van der Waals surface area (Å²) in [5, 5.41) is 9.65. The number of carbonyl (C=O) groups is 1. The Morgan fingerprint density at radius 2 is 2.00 bits per heavy atom. The summed E-state index contributed by atoms with van der Waals surface area (Å²) in [7, 11) is 0. The molecule has 1 unspecified atom stereocenters. The Balaban J connectivity index is 2.23. The molecule has 104 valence electrons. The van der Waals surface area contributed by atoms with E-state index in [-0.39, 0.29) is 11.3 Å². The van der Waals surface area contributed by atoms with Crippen molar-refractivity contribution in [3.8, 4) is 0 Å². The molecule has 0 spiro atoms. The topological polar surface area (TPSA) is 40.5 Å². The van der Waals surface area contributed by atoms with E-state index in [4.69, 9.17) is 0 Å². The Morgan fingerprint density at radius 1 is 1.32 bits per heavy atom. The fraction of sp³-hybridized carbons (Fsp3) is 0.562.